The summed E-state index contributed by atoms with van der Waals surface area (Å²) in [5.41, 5.74) is 13.7. The fourth-order valence-corrected chi connectivity index (χ4v) is 8.10. The van der Waals surface area contributed by atoms with E-state index in [2.05, 4.69) is 215 Å². The number of pyridine rings is 2. The van der Waals surface area contributed by atoms with Crippen LogP contribution in [0, 0.1) is 0 Å². The average Bonchev–Trinajstić information content (AvgIpc) is 3.75. The molecule has 0 fully saturated rings. The number of rotatable bonds is 10. The smallest absolute Gasteiger partial charge is 0.191 e. The van der Waals surface area contributed by atoms with E-state index in [1.165, 1.54) is 27.8 Å². The summed E-state index contributed by atoms with van der Waals surface area (Å²) >= 11 is 1.66. The Labute approximate surface area is 326 Å². The second-order valence-corrected chi connectivity index (χ2v) is 14.5. The third-order valence-corrected chi connectivity index (χ3v) is 10.9. The third kappa shape index (κ3) is 7.26. The van der Waals surface area contributed by atoms with Gasteiger partial charge in [-0.1, -0.05) is 158 Å². The lowest BCUT2D eigenvalue weighted by molar-refractivity contribution is -0.674. The first-order valence-corrected chi connectivity index (χ1v) is 19.4. The van der Waals surface area contributed by atoms with Crippen LogP contribution in [-0.2, 0) is 13.0 Å². The van der Waals surface area contributed by atoms with E-state index >= 15 is 0 Å². The van der Waals surface area contributed by atoms with Gasteiger partial charge < -0.3 is 0 Å². The van der Waals surface area contributed by atoms with Gasteiger partial charge in [0.15, 0.2) is 11.6 Å². The van der Waals surface area contributed by atoms with Gasteiger partial charge in [-0.2, -0.15) is 9.13 Å². The van der Waals surface area contributed by atoms with Crippen LogP contribution in [0.25, 0.3) is 72.4 Å². The molecule has 0 unspecified atom stereocenters. The summed E-state index contributed by atoms with van der Waals surface area (Å²) in [6.45, 7) is 0.729. The van der Waals surface area contributed by atoms with Gasteiger partial charge in [-0.05, 0) is 75.1 Å². The number of hydrogen-bond donors (Lipinski definition) is 0. The molecule has 0 aliphatic rings. The molecular weight excluding hydrogens is 689 g/mol. The van der Waals surface area contributed by atoms with E-state index in [4.69, 9.17) is 10.2 Å². The highest BCUT2D eigenvalue weighted by Gasteiger charge is 2.28. The molecule has 0 bridgehead atoms. The minimum absolute atomic E-state index is 0.719. The van der Waals surface area contributed by atoms with Gasteiger partial charge in [0.1, 0.15) is 11.4 Å². The normalized spacial score (nSPS) is 11.1. The molecule has 0 radical (unpaired) electrons. The van der Waals surface area contributed by atoms with Crippen molar-refractivity contribution in [1.29, 1.82) is 0 Å². The molecule has 3 heterocycles. The third-order valence-electron chi connectivity index (χ3n) is 9.92. The first-order valence-electron chi connectivity index (χ1n) is 18.6. The second kappa shape index (κ2) is 15.7. The Morgan fingerprint density at radius 1 is 0.345 bits per heavy atom. The minimum atomic E-state index is 0.719. The van der Waals surface area contributed by atoms with Crippen molar-refractivity contribution in [2.45, 2.75) is 13.0 Å². The first-order chi connectivity index (χ1) is 27.3. The van der Waals surface area contributed by atoms with Gasteiger partial charge in [0.2, 0.25) is 11.4 Å². The van der Waals surface area contributed by atoms with Gasteiger partial charge in [-0.3, -0.25) is 0 Å². The Morgan fingerprint density at radius 2 is 0.673 bits per heavy atom. The zero-order chi connectivity index (χ0) is 36.8. The molecule has 3 aromatic heterocycles. The topological polar surface area (TPSA) is 33.5 Å². The zero-order valence-electron chi connectivity index (χ0n) is 30.2. The standard InChI is InChI=1S/C50H38N4S/c1-7-19-37(20-8-1)43-33-45(39-23-11-3-12-24-39)53(46(34-43)40-25-13-4-14-26-40)32-31-49-51-52-50(55-49)54-47(41-27-15-5-16-28-41)35-44(38-21-9-2-10-22-38)36-48(54)42-29-17-6-18-30-42/h1-30,33-36H,31-32H2/q+2. The summed E-state index contributed by atoms with van der Waals surface area (Å²) in [6, 6.07) is 73.0. The van der Waals surface area contributed by atoms with Crippen LogP contribution in [0.2, 0.25) is 0 Å². The van der Waals surface area contributed by atoms with E-state index in [1.807, 2.05) is 0 Å². The van der Waals surface area contributed by atoms with Crippen LogP contribution in [0.3, 0.4) is 0 Å². The number of aromatic nitrogens is 4. The van der Waals surface area contributed by atoms with Crippen molar-refractivity contribution in [3.8, 4) is 72.4 Å². The van der Waals surface area contributed by atoms with Crippen LogP contribution < -0.4 is 9.13 Å². The van der Waals surface area contributed by atoms with Gasteiger partial charge in [0, 0.05) is 34.4 Å². The van der Waals surface area contributed by atoms with Crippen molar-refractivity contribution in [1.82, 2.24) is 10.2 Å². The summed E-state index contributed by atoms with van der Waals surface area (Å²) in [5, 5.41) is 11.6. The lowest BCUT2D eigenvalue weighted by Gasteiger charge is -2.13. The maximum Gasteiger partial charge on any atom is 0.415 e. The highest BCUT2D eigenvalue weighted by Crippen LogP contribution is 2.32. The predicted molar refractivity (Wildman–Crippen MR) is 224 cm³/mol. The van der Waals surface area contributed by atoms with Crippen LogP contribution in [0.4, 0.5) is 0 Å². The van der Waals surface area contributed by atoms with E-state index in [1.54, 1.807) is 11.3 Å². The van der Waals surface area contributed by atoms with Crippen molar-refractivity contribution < 1.29 is 9.13 Å². The van der Waals surface area contributed by atoms with Crippen LogP contribution in [0.1, 0.15) is 5.01 Å². The molecule has 5 heteroatoms. The Kier molecular flexibility index (Phi) is 9.67. The molecule has 4 nitrogen and oxygen atoms in total. The molecule has 0 atom stereocenters. The molecule has 9 rings (SSSR count). The van der Waals surface area contributed by atoms with Gasteiger partial charge in [-0.25, -0.2) is 0 Å². The zero-order valence-corrected chi connectivity index (χ0v) is 31.1. The van der Waals surface area contributed by atoms with Crippen LogP contribution in [0.15, 0.2) is 206 Å². The second-order valence-electron chi connectivity index (χ2n) is 13.4. The maximum atomic E-state index is 4.91. The van der Waals surface area contributed by atoms with Crippen LogP contribution in [0.5, 0.6) is 0 Å². The molecule has 6 aromatic carbocycles. The molecule has 55 heavy (non-hydrogen) atoms. The van der Waals surface area contributed by atoms with E-state index in [0.717, 1.165) is 62.6 Å². The summed E-state index contributed by atoms with van der Waals surface area (Å²) in [4.78, 5) is 0. The number of benzene rings is 6. The molecule has 0 aliphatic carbocycles. The average molecular weight is 727 g/mol. The maximum absolute atomic E-state index is 4.91. The van der Waals surface area contributed by atoms with Crippen molar-refractivity contribution in [2.75, 3.05) is 0 Å². The Morgan fingerprint density at radius 3 is 1.05 bits per heavy atom. The molecule has 0 spiro atoms. The molecule has 0 N–H and O–H groups in total. The van der Waals surface area contributed by atoms with E-state index in [0.29, 0.717) is 0 Å². The largest absolute Gasteiger partial charge is 0.415 e. The molecule has 0 aliphatic heterocycles. The minimum Gasteiger partial charge on any atom is -0.191 e. The monoisotopic (exact) mass is 726 g/mol. The van der Waals surface area contributed by atoms with Crippen molar-refractivity contribution in [2.24, 2.45) is 0 Å². The predicted octanol–water partition coefficient (Wildman–Crippen LogP) is 11.3. The lowest BCUT2D eigenvalue weighted by atomic mass is 9.99. The van der Waals surface area contributed by atoms with Gasteiger partial charge in [-0.15, -0.1) is 0 Å². The number of nitrogens with zero attached hydrogens (tertiary/aromatic N) is 4. The Bertz CT molecular complexity index is 2540. The first kappa shape index (κ1) is 34.0. The highest BCUT2D eigenvalue weighted by molar-refractivity contribution is 7.13. The quantitative estimate of drug-likeness (QED) is 0.132. The molecule has 262 valence electrons. The highest BCUT2D eigenvalue weighted by atomic mass is 32.1. The summed E-state index contributed by atoms with van der Waals surface area (Å²) in [7, 11) is 0. The number of hydrogen-bond acceptors (Lipinski definition) is 3. The summed E-state index contributed by atoms with van der Waals surface area (Å²) in [6.07, 6.45) is 0.719. The van der Waals surface area contributed by atoms with Gasteiger partial charge in [0.25, 0.3) is 0 Å². The molecule has 0 saturated heterocycles. The van der Waals surface area contributed by atoms with E-state index in [9.17, 15) is 0 Å². The van der Waals surface area contributed by atoms with Crippen LogP contribution >= 0.6 is 11.3 Å². The van der Waals surface area contributed by atoms with Gasteiger partial charge >= 0.3 is 5.13 Å². The van der Waals surface area contributed by atoms with E-state index in [-0.39, 0.29) is 0 Å². The lowest BCUT2D eigenvalue weighted by Crippen LogP contribution is -2.40. The molecule has 0 saturated carbocycles. The molecular formula is C50H38N4S+2. The Balaban J connectivity index is 1.16. The van der Waals surface area contributed by atoms with Crippen molar-refractivity contribution in [3.63, 3.8) is 0 Å². The molecule has 0 amide bonds. The molecule has 9 aromatic rings. The van der Waals surface area contributed by atoms with Crippen molar-refractivity contribution >= 4 is 11.3 Å². The Hall–Kier alpha value is -6.82. The summed E-state index contributed by atoms with van der Waals surface area (Å²) in [5.74, 6) is 0. The number of aryl methyl sites for hydroxylation is 1. The summed E-state index contributed by atoms with van der Waals surface area (Å²) < 4.78 is 4.73. The fourth-order valence-electron chi connectivity index (χ4n) is 7.24. The SMILES string of the molecule is c1ccc(-c2cc(-c3ccccc3)[n+](CCc3nnc(-[n+]4c(-c5ccccc5)cc(-c5ccccc5)cc4-c4ccccc4)s3)c(-c3ccccc3)c2)cc1. The van der Waals surface area contributed by atoms with Crippen molar-refractivity contribution in [3.05, 3.63) is 211 Å². The van der Waals surface area contributed by atoms with Crippen LogP contribution in [-0.4, -0.2) is 10.2 Å². The van der Waals surface area contributed by atoms with Gasteiger partial charge in [0.05, 0.1) is 11.5 Å². The van der Waals surface area contributed by atoms with E-state index < -0.39 is 0 Å². The fraction of sp³-hybridized carbons (Fsp3) is 0.0400.